The van der Waals surface area contributed by atoms with Crippen molar-refractivity contribution in [1.29, 1.82) is 5.26 Å². The summed E-state index contributed by atoms with van der Waals surface area (Å²) in [6.07, 6.45) is 3.18. The summed E-state index contributed by atoms with van der Waals surface area (Å²) in [6.45, 7) is 2.17. The second-order valence-corrected chi connectivity index (χ2v) is 7.51. The van der Waals surface area contributed by atoms with Crippen LogP contribution in [-0.4, -0.2) is 5.11 Å². The Morgan fingerprint density at radius 1 is 1.65 bits per heavy atom. The van der Waals surface area contributed by atoms with Gasteiger partial charge in [0, 0.05) is 4.88 Å². The van der Waals surface area contributed by atoms with E-state index >= 15 is 0 Å². The summed E-state index contributed by atoms with van der Waals surface area (Å²) < 4.78 is 1.00. The van der Waals surface area contributed by atoms with Gasteiger partial charge in [-0.2, -0.15) is 5.26 Å². The minimum atomic E-state index is -0.647. The Kier molecular flexibility index (Phi) is 3.92. The fraction of sp³-hybridized carbons (Fsp3) is 0.615. The summed E-state index contributed by atoms with van der Waals surface area (Å²) in [4.78, 5) is 0.896. The molecule has 1 aromatic rings. The molecule has 1 aliphatic carbocycles. The molecule has 0 saturated heterocycles. The van der Waals surface area contributed by atoms with Crippen LogP contribution in [0.3, 0.4) is 0 Å². The maximum absolute atomic E-state index is 10.5. The van der Waals surface area contributed by atoms with E-state index in [1.807, 2.05) is 12.1 Å². The predicted molar refractivity (Wildman–Crippen MR) is 72.7 cm³/mol. The highest BCUT2D eigenvalue weighted by Gasteiger charge is 2.42. The minimum absolute atomic E-state index is 0.529. The van der Waals surface area contributed by atoms with E-state index in [1.54, 1.807) is 0 Å². The zero-order chi connectivity index (χ0) is 12.5. The van der Waals surface area contributed by atoms with Crippen molar-refractivity contribution in [3.8, 4) is 6.07 Å². The Morgan fingerprint density at radius 2 is 2.41 bits per heavy atom. The van der Waals surface area contributed by atoms with E-state index in [9.17, 15) is 10.4 Å². The number of rotatable bonds is 2. The molecule has 1 fully saturated rings. The molecule has 0 aromatic carbocycles. The molecular weight excluding hydrogens is 298 g/mol. The fourth-order valence-corrected chi connectivity index (χ4v) is 4.28. The van der Waals surface area contributed by atoms with Crippen LogP contribution in [0.5, 0.6) is 0 Å². The summed E-state index contributed by atoms with van der Waals surface area (Å²) in [5.41, 5.74) is -0.581. The van der Waals surface area contributed by atoms with E-state index in [-0.39, 0.29) is 0 Å². The van der Waals surface area contributed by atoms with Crippen LogP contribution in [-0.2, 0) is 0 Å². The molecule has 4 heteroatoms. The van der Waals surface area contributed by atoms with Gasteiger partial charge in [-0.15, -0.1) is 11.3 Å². The van der Waals surface area contributed by atoms with Gasteiger partial charge in [0.15, 0.2) is 0 Å². The number of nitrogens with zero attached hydrogens (tertiary/aromatic N) is 1. The van der Waals surface area contributed by atoms with Gasteiger partial charge in [0.25, 0.3) is 0 Å². The lowest BCUT2D eigenvalue weighted by molar-refractivity contribution is 0.0244. The zero-order valence-corrected chi connectivity index (χ0v) is 12.2. The van der Waals surface area contributed by atoms with Crippen molar-refractivity contribution in [2.45, 2.75) is 38.7 Å². The molecule has 1 saturated carbocycles. The van der Waals surface area contributed by atoms with Gasteiger partial charge < -0.3 is 5.11 Å². The Hall–Kier alpha value is -0.370. The molecule has 1 aromatic heterocycles. The van der Waals surface area contributed by atoms with Gasteiger partial charge in [-0.3, -0.25) is 0 Å². The number of hydrogen-bond acceptors (Lipinski definition) is 3. The lowest BCUT2D eigenvalue weighted by Crippen LogP contribution is -2.32. The second kappa shape index (κ2) is 5.09. The first-order valence-electron chi connectivity index (χ1n) is 5.92. The Balaban J connectivity index is 2.26. The molecule has 0 amide bonds. The number of nitriles is 1. The lowest BCUT2D eigenvalue weighted by Gasteiger charge is -2.37. The van der Waals surface area contributed by atoms with Crippen LogP contribution >= 0.6 is 27.3 Å². The molecule has 17 heavy (non-hydrogen) atoms. The largest absolute Gasteiger partial charge is 0.386 e. The maximum atomic E-state index is 10.5. The normalized spacial score (nSPS) is 30.8. The number of hydrogen-bond donors (Lipinski definition) is 1. The molecule has 2 nitrogen and oxygen atoms in total. The Labute approximate surface area is 114 Å². The standard InChI is InChI=1S/C13H16BrNOS/c1-9-3-2-6-13(7-9,8-15)12(16)10-4-5-11(14)17-10/h4-5,9,12,16H,2-3,6-7H2,1H3. The molecule has 1 aliphatic rings. The highest BCUT2D eigenvalue weighted by molar-refractivity contribution is 9.11. The number of aliphatic hydroxyl groups is 1. The molecule has 1 N–H and O–H groups in total. The monoisotopic (exact) mass is 313 g/mol. The molecular formula is C13H16BrNOS. The SMILES string of the molecule is CC1CCCC(C#N)(C(O)c2ccc(Br)s2)C1. The summed E-state index contributed by atoms with van der Waals surface area (Å²) in [7, 11) is 0. The van der Waals surface area contributed by atoms with Crippen molar-refractivity contribution in [2.24, 2.45) is 11.3 Å². The molecule has 3 unspecified atom stereocenters. The van der Waals surface area contributed by atoms with Gasteiger partial charge in [-0.05, 0) is 46.8 Å². The third-order valence-corrected chi connectivity index (χ3v) is 5.32. The first kappa shape index (κ1) is 13.1. The van der Waals surface area contributed by atoms with Crippen LogP contribution in [0.1, 0.15) is 43.6 Å². The van der Waals surface area contributed by atoms with Crippen molar-refractivity contribution in [2.75, 3.05) is 0 Å². The lowest BCUT2D eigenvalue weighted by atomic mass is 9.67. The summed E-state index contributed by atoms with van der Waals surface area (Å²) in [5, 5.41) is 20.0. The quantitative estimate of drug-likeness (QED) is 0.886. The second-order valence-electron chi connectivity index (χ2n) is 5.01. The van der Waals surface area contributed by atoms with Crippen LogP contribution in [0.4, 0.5) is 0 Å². The third-order valence-electron chi connectivity index (χ3n) is 3.64. The van der Waals surface area contributed by atoms with Crippen molar-refractivity contribution in [1.82, 2.24) is 0 Å². The molecule has 0 radical (unpaired) electrons. The first-order valence-corrected chi connectivity index (χ1v) is 7.53. The summed E-state index contributed by atoms with van der Waals surface area (Å²) in [6, 6.07) is 6.24. The Morgan fingerprint density at radius 3 is 2.94 bits per heavy atom. The van der Waals surface area contributed by atoms with E-state index < -0.39 is 11.5 Å². The van der Waals surface area contributed by atoms with Crippen molar-refractivity contribution >= 4 is 27.3 Å². The zero-order valence-electron chi connectivity index (χ0n) is 9.82. The number of halogens is 1. The van der Waals surface area contributed by atoms with E-state index in [0.29, 0.717) is 5.92 Å². The van der Waals surface area contributed by atoms with Gasteiger partial charge in [0.2, 0.25) is 0 Å². The number of aliphatic hydroxyl groups excluding tert-OH is 1. The van der Waals surface area contributed by atoms with Gasteiger partial charge in [-0.25, -0.2) is 0 Å². The fourth-order valence-electron chi connectivity index (χ4n) is 2.75. The van der Waals surface area contributed by atoms with Crippen LogP contribution in [0.2, 0.25) is 0 Å². The van der Waals surface area contributed by atoms with Crippen LogP contribution in [0, 0.1) is 22.7 Å². The van der Waals surface area contributed by atoms with Crippen LogP contribution in [0.25, 0.3) is 0 Å². The predicted octanol–water partition coefficient (Wildman–Crippen LogP) is 4.26. The molecule has 0 aliphatic heterocycles. The van der Waals surface area contributed by atoms with E-state index in [4.69, 9.17) is 0 Å². The van der Waals surface area contributed by atoms with Crippen molar-refractivity contribution < 1.29 is 5.11 Å². The first-order chi connectivity index (χ1) is 8.07. The Bertz CT molecular complexity index is 439. The van der Waals surface area contributed by atoms with Gasteiger partial charge in [0.1, 0.15) is 6.10 Å². The molecule has 92 valence electrons. The van der Waals surface area contributed by atoms with Gasteiger partial charge in [0.05, 0.1) is 15.3 Å². The van der Waals surface area contributed by atoms with Crippen LogP contribution < -0.4 is 0 Å². The molecule has 3 atom stereocenters. The average Bonchev–Trinajstić information content (AvgIpc) is 2.74. The highest BCUT2D eigenvalue weighted by Crippen LogP contribution is 2.48. The molecule has 0 bridgehead atoms. The maximum Gasteiger partial charge on any atom is 0.107 e. The van der Waals surface area contributed by atoms with Gasteiger partial charge in [-0.1, -0.05) is 19.8 Å². The van der Waals surface area contributed by atoms with E-state index in [0.717, 1.165) is 27.9 Å². The summed E-state index contributed by atoms with van der Waals surface area (Å²) in [5.74, 6) is 0.529. The van der Waals surface area contributed by atoms with E-state index in [1.165, 1.54) is 17.8 Å². The van der Waals surface area contributed by atoms with Crippen molar-refractivity contribution in [3.05, 3.63) is 20.8 Å². The number of thiophene rings is 1. The molecule has 0 spiro atoms. The third kappa shape index (κ3) is 2.57. The average molecular weight is 314 g/mol. The minimum Gasteiger partial charge on any atom is -0.386 e. The van der Waals surface area contributed by atoms with E-state index in [2.05, 4.69) is 28.9 Å². The smallest absolute Gasteiger partial charge is 0.107 e. The molecule has 1 heterocycles. The van der Waals surface area contributed by atoms with Gasteiger partial charge >= 0.3 is 0 Å². The van der Waals surface area contributed by atoms with Crippen molar-refractivity contribution in [3.63, 3.8) is 0 Å². The highest BCUT2D eigenvalue weighted by atomic mass is 79.9. The summed E-state index contributed by atoms with van der Waals surface area (Å²) >= 11 is 4.92. The topological polar surface area (TPSA) is 44.0 Å². The van der Waals surface area contributed by atoms with Crippen LogP contribution in [0.15, 0.2) is 15.9 Å². The molecule has 2 rings (SSSR count).